The number of thioether (sulfide) groups is 1. The van der Waals surface area contributed by atoms with E-state index in [1.165, 1.54) is 4.90 Å². The van der Waals surface area contributed by atoms with Crippen LogP contribution >= 0.6 is 11.8 Å². The highest BCUT2D eigenvalue weighted by molar-refractivity contribution is 7.99. The Morgan fingerprint density at radius 3 is 2.46 bits per heavy atom. The summed E-state index contributed by atoms with van der Waals surface area (Å²) in [5.74, 6) is -1.24. The molecule has 1 aliphatic heterocycles. The molecule has 2 unspecified atom stereocenters. The fraction of sp³-hybridized carbons (Fsp3) is 0.550. The Hall–Kier alpha value is -2.06. The normalized spacial score (nSPS) is 21.4. The van der Waals surface area contributed by atoms with Crippen LogP contribution in [0, 0.1) is 5.92 Å². The number of rotatable bonds is 9. The molecule has 2 rings (SSSR count). The first-order valence-corrected chi connectivity index (χ1v) is 10.6. The number of nitrogens with one attached hydrogen (secondary N) is 1. The van der Waals surface area contributed by atoms with E-state index in [-0.39, 0.29) is 24.4 Å². The maximum atomic E-state index is 13.0. The summed E-state index contributed by atoms with van der Waals surface area (Å²) in [5, 5.41) is 21.8. The van der Waals surface area contributed by atoms with E-state index in [9.17, 15) is 24.6 Å². The molecule has 8 heteroatoms. The molecule has 1 heterocycles. The average Bonchev–Trinajstić information content (AvgIpc) is 2.79. The summed E-state index contributed by atoms with van der Waals surface area (Å²) >= 11 is 1.55. The van der Waals surface area contributed by atoms with Gasteiger partial charge in [0.25, 0.3) is 0 Å². The van der Waals surface area contributed by atoms with Crippen molar-refractivity contribution in [3.63, 3.8) is 0 Å². The third-order valence-corrected chi connectivity index (χ3v) is 6.04. The molecule has 0 aromatic heterocycles. The van der Waals surface area contributed by atoms with Crippen molar-refractivity contribution >= 4 is 29.6 Å². The van der Waals surface area contributed by atoms with Crippen LogP contribution in [0.25, 0.3) is 0 Å². The summed E-state index contributed by atoms with van der Waals surface area (Å²) in [6.07, 6.45) is 0.923. The molecule has 3 atom stereocenters. The van der Waals surface area contributed by atoms with Gasteiger partial charge >= 0.3 is 11.9 Å². The first-order chi connectivity index (χ1) is 13.3. The fourth-order valence-corrected chi connectivity index (χ4v) is 4.74. The van der Waals surface area contributed by atoms with Crippen LogP contribution < -0.4 is 5.32 Å². The smallest absolute Gasteiger partial charge is 0.323 e. The molecular formula is C20H28N2O5S. The molecular weight excluding hydrogens is 380 g/mol. The Kier molecular flexibility index (Phi) is 8.32. The van der Waals surface area contributed by atoms with Crippen molar-refractivity contribution in [2.75, 3.05) is 18.1 Å². The molecule has 1 aromatic carbocycles. The molecule has 0 aliphatic carbocycles. The predicted octanol–water partition coefficient (Wildman–Crippen LogP) is 1.72. The minimum Gasteiger partial charge on any atom is -0.480 e. The predicted molar refractivity (Wildman–Crippen MR) is 108 cm³/mol. The lowest BCUT2D eigenvalue weighted by Gasteiger charge is -2.33. The second kappa shape index (κ2) is 10.5. The minimum absolute atomic E-state index is 0.114. The van der Waals surface area contributed by atoms with E-state index in [1.54, 1.807) is 11.8 Å². The van der Waals surface area contributed by atoms with Gasteiger partial charge in [-0.1, -0.05) is 44.2 Å². The van der Waals surface area contributed by atoms with E-state index >= 15 is 0 Å². The maximum absolute atomic E-state index is 13.0. The van der Waals surface area contributed by atoms with E-state index in [0.717, 1.165) is 5.56 Å². The van der Waals surface area contributed by atoms with E-state index in [1.807, 2.05) is 44.2 Å². The van der Waals surface area contributed by atoms with Gasteiger partial charge in [-0.2, -0.15) is 11.8 Å². The summed E-state index contributed by atoms with van der Waals surface area (Å²) in [5.41, 5.74) is 1.03. The molecule has 7 nitrogen and oxygen atoms in total. The standard InChI is InChI=1S/C20H28N2O5S/c1-13(2)17-12-28-11-16(19(25)22(17)10-18(23)24)21-15(20(26)27)9-8-14-6-4-3-5-7-14/h3-7,13,15-17,21H,8-12H2,1-2H3,(H,23,24)(H,26,27)/t15-,16?,17?/m0/s1. The van der Waals surface area contributed by atoms with Crippen molar-refractivity contribution in [2.45, 2.75) is 44.8 Å². The van der Waals surface area contributed by atoms with Gasteiger partial charge in [-0.3, -0.25) is 19.7 Å². The third-order valence-electron chi connectivity index (χ3n) is 4.89. The van der Waals surface area contributed by atoms with Crippen molar-refractivity contribution in [3.8, 4) is 0 Å². The van der Waals surface area contributed by atoms with Crippen LogP contribution in [0.2, 0.25) is 0 Å². The van der Waals surface area contributed by atoms with E-state index in [4.69, 9.17) is 0 Å². The molecule has 0 bridgehead atoms. The van der Waals surface area contributed by atoms with Gasteiger partial charge in [0.05, 0.1) is 6.04 Å². The Balaban J connectivity index is 2.10. The molecule has 1 aromatic rings. The molecule has 1 saturated heterocycles. The highest BCUT2D eigenvalue weighted by atomic mass is 32.2. The lowest BCUT2D eigenvalue weighted by Crippen LogP contribution is -2.56. The van der Waals surface area contributed by atoms with Crippen molar-refractivity contribution < 1.29 is 24.6 Å². The van der Waals surface area contributed by atoms with Gasteiger partial charge in [0.15, 0.2) is 0 Å². The molecule has 28 heavy (non-hydrogen) atoms. The molecule has 0 saturated carbocycles. The van der Waals surface area contributed by atoms with Gasteiger partial charge in [-0.25, -0.2) is 0 Å². The van der Waals surface area contributed by atoms with Crippen LogP contribution in [0.3, 0.4) is 0 Å². The zero-order chi connectivity index (χ0) is 20.7. The number of aryl methyl sites for hydroxylation is 1. The molecule has 0 spiro atoms. The van der Waals surface area contributed by atoms with Crippen molar-refractivity contribution in [3.05, 3.63) is 35.9 Å². The number of nitrogens with zero attached hydrogens (tertiary/aromatic N) is 1. The van der Waals surface area contributed by atoms with Gasteiger partial charge < -0.3 is 15.1 Å². The summed E-state index contributed by atoms with van der Waals surface area (Å²) in [6.45, 7) is 3.55. The SMILES string of the molecule is CC(C)C1CSCC(N[C@@H](CCc2ccccc2)C(=O)O)C(=O)N1CC(=O)O. The number of carbonyl (C=O) groups is 3. The van der Waals surface area contributed by atoms with Crippen LogP contribution in [0.4, 0.5) is 0 Å². The summed E-state index contributed by atoms with van der Waals surface area (Å²) in [4.78, 5) is 37.4. The van der Waals surface area contributed by atoms with Gasteiger partial charge in [-0.15, -0.1) is 0 Å². The minimum atomic E-state index is -1.07. The number of hydrogen-bond acceptors (Lipinski definition) is 5. The summed E-state index contributed by atoms with van der Waals surface area (Å²) in [7, 11) is 0. The van der Waals surface area contributed by atoms with Crippen LogP contribution in [0.5, 0.6) is 0 Å². The quantitative estimate of drug-likeness (QED) is 0.571. The number of amides is 1. The molecule has 3 N–H and O–H groups in total. The number of benzene rings is 1. The number of carbonyl (C=O) groups excluding carboxylic acids is 1. The second-order valence-electron chi connectivity index (χ2n) is 7.34. The Bertz CT molecular complexity index is 682. The maximum Gasteiger partial charge on any atom is 0.323 e. The summed E-state index contributed by atoms with van der Waals surface area (Å²) < 4.78 is 0. The van der Waals surface area contributed by atoms with Crippen molar-refractivity contribution in [1.82, 2.24) is 10.2 Å². The zero-order valence-corrected chi connectivity index (χ0v) is 17.0. The summed E-state index contributed by atoms with van der Waals surface area (Å²) in [6, 6.07) is 7.80. The van der Waals surface area contributed by atoms with Gasteiger partial charge in [0.1, 0.15) is 12.6 Å². The number of hydrogen-bond donors (Lipinski definition) is 3. The number of carboxylic acid groups (broad SMARTS) is 2. The Morgan fingerprint density at radius 1 is 1.21 bits per heavy atom. The largest absolute Gasteiger partial charge is 0.480 e. The van der Waals surface area contributed by atoms with Crippen LogP contribution in [-0.2, 0) is 20.8 Å². The van der Waals surface area contributed by atoms with Gasteiger partial charge in [-0.05, 0) is 24.3 Å². The van der Waals surface area contributed by atoms with E-state index in [0.29, 0.717) is 24.3 Å². The average molecular weight is 409 g/mol. The highest BCUT2D eigenvalue weighted by Gasteiger charge is 2.37. The molecule has 1 fully saturated rings. The lowest BCUT2D eigenvalue weighted by molar-refractivity contribution is -0.148. The van der Waals surface area contributed by atoms with Crippen molar-refractivity contribution in [1.29, 1.82) is 0 Å². The first kappa shape index (κ1) is 22.2. The van der Waals surface area contributed by atoms with E-state index in [2.05, 4.69) is 5.32 Å². The molecule has 154 valence electrons. The Labute approximate surface area is 169 Å². The van der Waals surface area contributed by atoms with Gasteiger partial charge in [0, 0.05) is 17.5 Å². The van der Waals surface area contributed by atoms with E-state index < -0.39 is 24.0 Å². The molecule has 1 aliphatic rings. The second-order valence-corrected chi connectivity index (χ2v) is 8.42. The van der Waals surface area contributed by atoms with Crippen LogP contribution in [0.1, 0.15) is 25.8 Å². The van der Waals surface area contributed by atoms with Gasteiger partial charge in [0.2, 0.25) is 5.91 Å². The van der Waals surface area contributed by atoms with Crippen LogP contribution in [0.15, 0.2) is 30.3 Å². The highest BCUT2D eigenvalue weighted by Crippen LogP contribution is 2.23. The molecule has 1 amide bonds. The Morgan fingerprint density at radius 2 is 1.89 bits per heavy atom. The van der Waals surface area contributed by atoms with Crippen LogP contribution in [-0.4, -0.2) is 69.1 Å². The monoisotopic (exact) mass is 408 g/mol. The lowest BCUT2D eigenvalue weighted by atomic mass is 10.0. The zero-order valence-electron chi connectivity index (χ0n) is 16.2. The number of carboxylic acids is 2. The fourth-order valence-electron chi connectivity index (χ4n) is 3.32. The topological polar surface area (TPSA) is 107 Å². The molecule has 0 radical (unpaired) electrons. The van der Waals surface area contributed by atoms with Crippen molar-refractivity contribution in [2.24, 2.45) is 5.92 Å². The number of aliphatic carboxylic acids is 2. The third kappa shape index (κ3) is 6.24. The first-order valence-electron chi connectivity index (χ1n) is 9.42.